The summed E-state index contributed by atoms with van der Waals surface area (Å²) >= 11 is 5.83. The van der Waals surface area contributed by atoms with Crippen LogP contribution in [0.3, 0.4) is 0 Å². The van der Waals surface area contributed by atoms with Crippen molar-refractivity contribution in [3.05, 3.63) is 53.1 Å². The van der Waals surface area contributed by atoms with E-state index in [9.17, 15) is 9.59 Å². The van der Waals surface area contributed by atoms with Gasteiger partial charge in [0.05, 0.1) is 0 Å². The Morgan fingerprint density at radius 1 is 1.12 bits per heavy atom. The third kappa shape index (κ3) is 5.50. The van der Waals surface area contributed by atoms with Crippen molar-refractivity contribution in [3.8, 4) is 5.75 Å². The Balaban J connectivity index is 2.04. The van der Waals surface area contributed by atoms with Gasteiger partial charge in [-0.1, -0.05) is 24.6 Å². The molecule has 25 heavy (non-hydrogen) atoms. The highest BCUT2D eigenvalue weighted by Crippen LogP contribution is 2.22. The van der Waals surface area contributed by atoms with Crippen LogP contribution in [0.1, 0.15) is 25.8 Å². The van der Waals surface area contributed by atoms with Crippen molar-refractivity contribution in [1.82, 2.24) is 0 Å². The lowest BCUT2D eigenvalue weighted by molar-refractivity contribution is -0.122. The van der Waals surface area contributed by atoms with Crippen molar-refractivity contribution in [3.63, 3.8) is 0 Å². The summed E-state index contributed by atoms with van der Waals surface area (Å²) in [7, 11) is 0. The topological polar surface area (TPSA) is 67.4 Å². The van der Waals surface area contributed by atoms with E-state index in [1.165, 1.54) is 0 Å². The fraction of sp³-hybridized carbons (Fsp3) is 0.263. The van der Waals surface area contributed by atoms with Crippen LogP contribution < -0.4 is 15.4 Å². The average Bonchev–Trinajstić information content (AvgIpc) is 2.59. The number of amides is 2. The summed E-state index contributed by atoms with van der Waals surface area (Å²) in [5.41, 5.74) is 2.16. The summed E-state index contributed by atoms with van der Waals surface area (Å²) in [6, 6.07) is 12.2. The Morgan fingerprint density at radius 3 is 2.44 bits per heavy atom. The van der Waals surface area contributed by atoms with Crippen molar-refractivity contribution < 1.29 is 14.3 Å². The third-order valence-electron chi connectivity index (χ3n) is 3.60. The Hall–Kier alpha value is -2.53. The van der Waals surface area contributed by atoms with Gasteiger partial charge >= 0.3 is 0 Å². The predicted molar refractivity (Wildman–Crippen MR) is 100 cm³/mol. The number of carbonyl (C=O) groups is 2. The third-order valence-corrected chi connectivity index (χ3v) is 3.85. The van der Waals surface area contributed by atoms with Crippen molar-refractivity contribution in [2.24, 2.45) is 0 Å². The highest BCUT2D eigenvalue weighted by molar-refractivity contribution is 6.30. The molecule has 0 aromatic heterocycles. The van der Waals surface area contributed by atoms with Gasteiger partial charge in [0, 0.05) is 22.8 Å². The summed E-state index contributed by atoms with van der Waals surface area (Å²) in [4.78, 5) is 23.9. The minimum absolute atomic E-state index is 0.0828. The fourth-order valence-electron chi connectivity index (χ4n) is 2.09. The minimum atomic E-state index is -0.686. The van der Waals surface area contributed by atoms with Crippen LogP contribution in [0.5, 0.6) is 5.75 Å². The number of nitrogens with one attached hydrogen (secondary N) is 2. The van der Waals surface area contributed by atoms with Gasteiger partial charge in [0.2, 0.25) is 5.91 Å². The molecule has 2 aromatic carbocycles. The molecule has 0 aliphatic rings. The van der Waals surface area contributed by atoms with E-state index in [1.54, 1.807) is 50.2 Å². The summed E-state index contributed by atoms with van der Waals surface area (Å²) < 4.78 is 5.61. The summed E-state index contributed by atoms with van der Waals surface area (Å²) in [6.07, 6.45) is -0.295. The molecule has 0 aliphatic heterocycles. The number of benzene rings is 2. The van der Waals surface area contributed by atoms with Crippen molar-refractivity contribution >= 4 is 34.8 Å². The zero-order chi connectivity index (χ0) is 18.4. The lowest BCUT2D eigenvalue weighted by Crippen LogP contribution is -2.30. The van der Waals surface area contributed by atoms with E-state index in [1.807, 2.05) is 13.0 Å². The molecule has 2 amide bonds. The molecule has 2 rings (SSSR count). The second-order valence-corrected chi connectivity index (χ2v) is 6.07. The zero-order valence-electron chi connectivity index (χ0n) is 14.4. The number of rotatable bonds is 6. The van der Waals surface area contributed by atoms with Crippen LogP contribution in [-0.2, 0) is 9.59 Å². The first-order chi connectivity index (χ1) is 11.9. The number of halogens is 1. The summed E-state index contributed by atoms with van der Waals surface area (Å²) in [6.45, 7) is 5.33. The van der Waals surface area contributed by atoms with E-state index in [0.29, 0.717) is 28.6 Å². The molecule has 0 heterocycles. The normalized spacial score (nSPS) is 11.5. The van der Waals surface area contributed by atoms with Crippen molar-refractivity contribution in [1.29, 1.82) is 0 Å². The van der Waals surface area contributed by atoms with E-state index in [2.05, 4.69) is 10.6 Å². The maximum Gasteiger partial charge on any atom is 0.265 e. The van der Waals surface area contributed by atoms with Crippen LogP contribution in [-0.4, -0.2) is 17.9 Å². The summed E-state index contributed by atoms with van der Waals surface area (Å²) in [5, 5.41) is 6.21. The second kappa shape index (κ2) is 8.53. The Kier molecular flexibility index (Phi) is 6.42. The van der Waals surface area contributed by atoms with Gasteiger partial charge in [-0.2, -0.15) is 0 Å². The van der Waals surface area contributed by atoms with Gasteiger partial charge in [-0.25, -0.2) is 0 Å². The maximum atomic E-state index is 12.4. The lowest BCUT2D eigenvalue weighted by atomic mass is 10.1. The largest absolute Gasteiger partial charge is 0.481 e. The predicted octanol–water partition coefficient (Wildman–Crippen LogP) is 4.40. The van der Waals surface area contributed by atoms with Crippen LogP contribution in [0, 0.1) is 6.92 Å². The van der Waals surface area contributed by atoms with Crippen LogP contribution >= 0.6 is 11.6 Å². The first-order valence-electron chi connectivity index (χ1n) is 8.02. The molecule has 0 radical (unpaired) electrons. The Labute approximate surface area is 152 Å². The van der Waals surface area contributed by atoms with Crippen LogP contribution in [0.4, 0.5) is 11.4 Å². The van der Waals surface area contributed by atoms with Gasteiger partial charge in [0.1, 0.15) is 5.75 Å². The molecular weight excluding hydrogens is 340 g/mol. The molecule has 5 nitrogen and oxygen atoms in total. The van der Waals surface area contributed by atoms with Crippen LogP contribution in [0.25, 0.3) is 0 Å². The lowest BCUT2D eigenvalue weighted by Gasteiger charge is -2.16. The molecule has 1 atom stereocenters. The number of hydrogen-bond donors (Lipinski definition) is 2. The van der Waals surface area contributed by atoms with Gasteiger partial charge in [-0.05, 0) is 55.8 Å². The highest BCUT2D eigenvalue weighted by atomic mass is 35.5. The molecule has 0 fully saturated rings. The van der Waals surface area contributed by atoms with Gasteiger partial charge in [0.25, 0.3) is 5.91 Å². The van der Waals surface area contributed by atoms with Crippen LogP contribution in [0.15, 0.2) is 42.5 Å². The molecule has 132 valence electrons. The standard InChI is InChI=1S/C19H21ClN2O3/c1-4-18(23)21-15-8-5-12(2)17(11-15)22-19(24)13(3)25-16-9-6-14(20)7-10-16/h5-11,13H,4H2,1-3H3,(H,21,23)(H,22,24). The monoisotopic (exact) mass is 360 g/mol. The molecule has 0 spiro atoms. The van der Waals surface area contributed by atoms with Crippen molar-refractivity contribution in [2.45, 2.75) is 33.3 Å². The number of anilines is 2. The van der Waals surface area contributed by atoms with E-state index >= 15 is 0 Å². The number of carbonyl (C=O) groups excluding carboxylic acids is 2. The highest BCUT2D eigenvalue weighted by Gasteiger charge is 2.16. The zero-order valence-corrected chi connectivity index (χ0v) is 15.2. The van der Waals surface area contributed by atoms with Gasteiger partial charge in [-0.15, -0.1) is 0 Å². The molecule has 0 aliphatic carbocycles. The average molecular weight is 361 g/mol. The van der Waals surface area contributed by atoms with Gasteiger partial charge in [-0.3, -0.25) is 9.59 Å². The molecule has 6 heteroatoms. The number of ether oxygens (including phenoxy) is 1. The first-order valence-corrected chi connectivity index (χ1v) is 8.40. The van der Waals surface area contributed by atoms with Gasteiger partial charge < -0.3 is 15.4 Å². The van der Waals surface area contributed by atoms with Crippen LogP contribution in [0.2, 0.25) is 5.02 Å². The Bertz CT molecular complexity index is 760. The SMILES string of the molecule is CCC(=O)Nc1ccc(C)c(NC(=O)C(C)Oc2ccc(Cl)cc2)c1. The van der Waals surface area contributed by atoms with E-state index < -0.39 is 6.10 Å². The molecule has 0 saturated carbocycles. The summed E-state index contributed by atoms with van der Waals surface area (Å²) in [5.74, 6) is 0.199. The first kappa shape index (κ1) is 18.8. The van der Waals surface area contributed by atoms with E-state index in [-0.39, 0.29) is 11.8 Å². The molecule has 2 N–H and O–H groups in total. The smallest absolute Gasteiger partial charge is 0.265 e. The number of aryl methyl sites for hydroxylation is 1. The maximum absolute atomic E-state index is 12.4. The molecule has 2 aromatic rings. The van der Waals surface area contributed by atoms with Gasteiger partial charge in [0.15, 0.2) is 6.10 Å². The molecule has 1 unspecified atom stereocenters. The minimum Gasteiger partial charge on any atom is -0.481 e. The molecular formula is C19H21ClN2O3. The fourth-order valence-corrected chi connectivity index (χ4v) is 2.21. The van der Waals surface area contributed by atoms with Crippen molar-refractivity contribution in [2.75, 3.05) is 10.6 Å². The molecule has 0 bridgehead atoms. The Morgan fingerprint density at radius 2 is 1.80 bits per heavy atom. The van der Waals surface area contributed by atoms with E-state index in [0.717, 1.165) is 5.56 Å². The number of hydrogen-bond acceptors (Lipinski definition) is 3. The quantitative estimate of drug-likeness (QED) is 0.802. The molecule has 0 saturated heterocycles. The van der Waals surface area contributed by atoms with E-state index in [4.69, 9.17) is 16.3 Å². The second-order valence-electron chi connectivity index (χ2n) is 5.63.